The van der Waals surface area contributed by atoms with Crippen LogP contribution in [0.25, 0.3) is 98.8 Å². The van der Waals surface area contributed by atoms with E-state index >= 15 is 0 Å². The van der Waals surface area contributed by atoms with Gasteiger partial charge in [-0.3, -0.25) is 0 Å². The average molecular weight is 790 g/mol. The van der Waals surface area contributed by atoms with Crippen molar-refractivity contribution in [2.45, 2.75) is 0 Å². The molecule has 0 unspecified atom stereocenters. The zero-order valence-corrected chi connectivity index (χ0v) is 33.9. The molecular weight excluding hydrogens is 751 g/mol. The van der Waals surface area contributed by atoms with Crippen molar-refractivity contribution in [1.29, 1.82) is 0 Å². The molecule has 62 heavy (non-hydrogen) atoms. The van der Waals surface area contributed by atoms with Crippen molar-refractivity contribution in [2.24, 2.45) is 0 Å². The number of nitrogens with zero attached hydrogens (tertiary/aromatic N) is 1. The standard InChI is InChI=1S/C60H39NO/c1-4-16-40(17-5-1)42-28-32-45(33-29-42)61(46-34-30-43(31-35-46)41-18-6-2-7-19-41)56-39-38-50(47-22-10-13-25-51(47)56)53-36-37-55-58-52-26-14-11-23-48(52)49-24-12-15-27-54(49)59(58)62-60(55)57(53)44-20-8-3-9-21-44/h1-39H. The lowest BCUT2D eigenvalue weighted by atomic mass is 9.88. The Hall–Kier alpha value is -8.20. The van der Waals surface area contributed by atoms with Crippen molar-refractivity contribution in [3.8, 4) is 44.5 Å². The van der Waals surface area contributed by atoms with Crippen LogP contribution in [0.2, 0.25) is 0 Å². The quantitative estimate of drug-likeness (QED) is 0.150. The van der Waals surface area contributed by atoms with E-state index in [0.717, 1.165) is 72.0 Å². The van der Waals surface area contributed by atoms with Gasteiger partial charge in [0.05, 0.1) is 5.69 Å². The van der Waals surface area contributed by atoms with Gasteiger partial charge in [0.2, 0.25) is 0 Å². The van der Waals surface area contributed by atoms with Gasteiger partial charge in [-0.2, -0.15) is 0 Å². The highest BCUT2D eigenvalue weighted by molar-refractivity contribution is 6.31. The maximum absolute atomic E-state index is 7.19. The van der Waals surface area contributed by atoms with Gasteiger partial charge in [0.15, 0.2) is 0 Å². The molecule has 0 atom stereocenters. The molecule has 2 heteroatoms. The molecule has 0 aliphatic carbocycles. The molecule has 1 heterocycles. The Morgan fingerprint density at radius 2 is 0.694 bits per heavy atom. The summed E-state index contributed by atoms with van der Waals surface area (Å²) in [6, 6.07) is 85.2. The van der Waals surface area contributed by atoms with E-state index in [1.807, 2.05) is 0 Å². The van der Waals surface area contributed by atoms with E-state index in [1.54, 1.807) is 0 Å². The largest absolute Gasteiger partial charge is 0.455 e. The first-order valence-corrected chi connectivity index (χ1v) is 21.3. The first kappa shape index (κ1) is 35.7. The van der Waals surface area contributed by atoms with E-state index in [2.05, 4.69) is 241 Å². The second-order valence-corrected chi connectivity index (χ2v) is 16.0. The topological polar surface area (TPSA) is 16.4 Å². The third-order valence-electron chi connectivity index (χ3n) is 12.5. The molecule has 0 bridgehead atoms. The Bertz CT molecular complexity index is 3510. The van der Waals surface area contributed by atoms with Gasteiger partial charge in [-0.05, 0) is 96.9 Å². The Balaban J connectivity index is 1.08. The third-order valence-corrected chi connectivity index (χ3v) is 12.5. The second kappa shape index (κ2) is 14.8. The normalized spacial score (nSPS) is 11.5. The number of rotatable bonds is 7. The molecule has 0 aliphatic rings. The molecule has 0 spiro atoms. The minimum atomic E-state index is 0.900. The summed E-state index contributed by atoms with van der Waals surface area (Å²) in [4.78, 5) is 2.40. The number of anilines is 3. The van der Waals surface area contributed by atoms with Crippen molar-refractivity contribution >= 4 is 71.3 Å². The summed E-state index contributed by atoms with van der Waals surface area (Å²) >= 11 is 0. The molecule has 0 fully saturated rings. The number of hydrogen-bond acceptors (Lipinski definition) is 2. The van der Waals surface area contributed by atoms with E-state index in [0.29, 0.717) is 0 Å². The molecule has 0 amide bonds. The molecule has 0 aliphatic heterocycles. The van der Waals surface area contributed by atoms with E-state index < -0.39 is 0 Å². The molecule has 290 valence electrons. The van der Waals surface area contributed by atoms with Crippen molar-refractivity contribution in [2.75, 3.05) is 4.90 Å². The smallest absolute Gasteiger partial charge is 0.143 e. The zero-order valence-electron chi connectivity index (χ0n) is 33.9. The monoisotopic (exact) mass is 789 g/mol. The Labute approximate surface area is 360 Å². The highest BCUT2D eigenvalue weighted by Gasteiger charge is 2.24. The fraction of sp³-hybridized carbons (Fsp3) is 0. The molecule has 0 saturated heterocycles. The van der Waals surface area contributed by atoms with Gasteiger partial charge >= 0.3 is 0 Å². The predicted molar refractivity (Wildman–Crippen MR) is 263 cm³/mol. The van der Waals surface area contributed by atoms with Crippen LogP contribution >= 0.6 is 0 Å². The maximum Gasteiger partial charge on any atom is 0.143 e. The SMILES string of the molecule is c1ccc(-c2ccc(N(c3ccc(-c4ccccc4)cc3)c3ccc(-c4ccc5c(oc6c7ccccc7c7ccccc7c56)c4-c4ccccc4)c4ccccc34)cc2)cc1. The van der Waals surface area contributed by atoms with E-state index in [1.165, 1.54) is 43.8 Å². The van der Waals surface area contributed by atoms with E-state index in [9.17, 15) is 0 Å². The number of benzene rings is 11. The van der Waals surface area contributed by atoms with Crippen LogP contribution in [0.1, 0.15) is 0 Å². The first-order valence-electron chi connectivity index (χ1n) is 21.3. The van der Waals surface area contributed by atoms with E-state index in [-0.39, 0.29) is 0 Å². The fourth-order valence-corrected chi connectivity index (χ4v) is 9.59. The molecule has 2 nitrogen and oxygen atoms in total. The van der Waals surface area contributed by atoms with Gasteiger partial charge in [-0.25, -0.2) is 0 Å². The molecule has 12 aromatic rings. The Morgan fingerprint density at radius 3 is 1.27 bits per heavy atom. The minimum Gasteiger partial charge on any atom is -0.455 e. The van der Waals surface area contributed by atoms with Crippen LogP contribution in [-0.2, 0) is 0 Å². The fourth-order valence-electron chi connectivity index (χ4n) is 9.59. The second-order valence-electron chi connectivity index (χ2n) is 16.0. The lowest BCUT2D eigenvalue weighted by Gasteiger charge is -2.28. The predicted octanol–water partition coefficient (Wildman–Crippen LogP) is 17.2. The van der Waals surface area contributed by atoms with Crippen LogP contribution < -0.4 is 4.90 Å². The molecule has 1 aromatic heterocycles. The van der Waals surface area contributed by atoms with Crippen LogP contribution in [0.3, 0.4) is 0 Å². The van der Waals surface area contributed by atoms with Crippen LogP contribution in [0.4, 0.5) is 17.1 Å². The summed E-state index contributed by atoms with van der Waals surface area (Å²) in [5, 5.41) is 9.37. The molecule has 0 saturated carbocycles. The maximum atomic E-state index is 7.19. The summed E-state index contributed by atoms with van der Waals surface area (Å²) in [5.74, 6) is 0. The van der Waals surface area contributed by atoms with Crippen LogP contribution in [0.5, 0.6) is 0 Å². The van der Waals surface area contributed by atoms with Gasteiger partial charge in [0, 0.05) is 38.5 Å². The van der Waals surface area contributed by atoms with Crippen molar-refractivity contribution in [3.05, 3.63) is 237 Å². The van der Waals surface area contributed by atoms with Gasteiger partial charge in [-0.1, -0.05) is 200 Å². The third kappa shape index (κ3) is 5.88. The van der Waals surface area contributed by atoms with Crippen molar-refractivity contribution < 1.29 is 4.42 Å². The lowest BCUT2D eigenvalue weighted by molar-refractivity contribution is 0.674. The molecule has 11 aromatic carbocycles. The summed E-state index contributed by atoms with van der Waals surface area (Å²) in [5.41, 5.74) is 14.4. The highest BCUT2D eigenvalue weighted by atomic mass is 16.3. The molecule has 0 N–H and O–H groups in total. The first-order chi connectivity index (χ1) is 30.8. The summed E-state index contributed by atoms with van der Waals surface area (Å²) in [6.45, 7) is 0. The number of fused-ring (bicyclic) bond motifs is 9. The molecule has 0 radical (unpaired) electrons. The van der Waals surface area contributed by atoms with Crippen LogP contribution in [-0.4, -0.2) is 0 Å². The van der Waals surface area contributed by atoms with Crippen molar-refractivity contribution in [1.82, 2.24) is 0 Å². The van der Waals surface area contributed by atoms with Gasteiger partial charge in [-0.15, -0.1) is 0 Å². The van der Waals surface area contributed by atoms with Crippen molar-refractivity contribution in [3.63, 3.8) is 0 Å². The van der Waals surface area contributed by atoms with Gasteiger partial charge in [0.1, 0.15) is 11.2 Å². The lowest BCUT2D eigenvalue weighted by Crippen LogP contribution is -2.10. The zero-order chi connectivity index (χ0) is 41.0. The van der Waals surface area contributed by atoms with Gasteiger partial charge in [0.25, 0.3) is 0 Å². The minimum absolute atomic E-state index is 0.900. The summed E-state index contributed by atoms with van der Waals surface area (Å²) in [7, 11) is 0. The Morgan fingerprint density at radius 1 is 0.258 bits per heavy atom. The van der Waals surface area contributed by atoms with Gasteiger partial charge < -0.3 is 9.32 Å². The van der Waals surface area contributed by atoms with Crippen LogP contribution in [0, 0.1) is 0 Å². The van der Waals surface area contributed by atoms with E-state index in [4.69, 9.17) is 4.42 Å². The van der Waals surface area contributed by atoms with Crippen LogP contribution in [0.15, 0.2) is 241 Å². The highest BCUT2D eigenvalue weighted by Crippen LogP contribution is 2.49. The average Bonchev–Trinajstić information content (AvgIpc) is 3.75. The summed E-state index contributed by atoms with van der Waals surface area (Å²) in [6.07, 6.45) is 0. The Kier molecular flexibility index (Phi) is 8.53. The number of furan rings is 1. The molecule has 12 rings (SSSR count). The summed E-state index contributed by atoms with van der Waals surface area (Å²) < 4.78 is 7.19. The molecular formula is C60H39NO. The number of hydrogen-bond donors (Lipinski definition) is 0.